The van der Waals surface area contributed by atoms with Crippen LogP contribution in [0.4, 0.5) is 0 Å². The summed E-state index contributed by atoms with van der Waals surface area (Å²) in [5.74, 6) is 0.554. The van der Waals surface area contributed by atoms with Crippen molar-refractivity contribution in [1.29, 1.82) is 0 Å². The van der Waals surface area contributed by atoms with Gasteiger partial charge in [-0.2, -0.15) is 0 Å². The molecule has 0 saturated carbocycles. The van der Waals surface area contributed by atoms with Gasteiger partial charge in [0.25, 0.3) is 0 Å². The number of carbonyl (C=O) groups excluding carboxylic acids is 1. The van der Waals surface area contributed by atoms with Crippen LogP contribution in [0.1, 0.15) is 13.3 Å². The zero-order valence-corrected chi connectivity index (χ0v) is 8.99. The molecule has 0 aliphatic carbocycles. The molecular formula is C11H17NO3. The summed E-state index contributed by atoms with van der Waals surface area (Å²) in [4.78, 5) is 12.0. The summed E-state index contributed by atoms with van der Waals surface area (Å²) in [6, 6.07) is 0.146. The summed E-state index contributed by atoms with van der Waals surface area (Å²) in [6.07, 6.45) is 2.73. The van der Waals surface area contributed by atoms with Crippen LogP contribution in [0.5, 0.6) is 0 Å². The van der Waals surface area contributed by atoms with Gasteiger partial charge in [-0.15, -0.1) is 0 Å². The molecule has 2 heterocycles. The predicted molar refractivity (Wildman–Crippen MR) is 55.4 cm³/mol. The number of likely N-dealkylation sites (N-methyl/N-ethyl adjacent to an activating group) is 1. The van der Waals surface area contributed by atoms with Crippen LogP contribution >= 0.6 is 0 Å². The van der Waals surface area contributed by atoms with Crippen molar-refractivity contribution in [3.8, 4) is 0 Å². The average molecular weight is 211 g/mol. The van der Waals surface area contributed by atoms with Gasteiger partial charge in [-0.3, -0.25) is 4.79 Å². The van der Waals surface area contributed by atoms with E-state index in [1.807, 2.05) is 13.0 Å². The molecule has 2 aliphatic heterocycles. The van der Waals surface area contributed by atoms with Crippen molar-refractivity contribution in [2.45, 2.75) is 19.4 Å². The summed E-state index contributed by atoms with van der Waals surface area (Å²) in [5, 5.41) is 3.27. The van der Waals surface area contributed by atoms with E-state index >= 15 is 0 Å². The molecule has 1 saturated heterocycles. The van der Waals surface area contributed by atoms with E-state index in [1.54, 1.807) is 0 Å². The zero-order valence-electron chi connectivity index (χ0n) is 8.99. The van der Waals surface area contributed by atoms with Gasteiger partial charge in [-0.25, -0.2) is 0 Å². The van der Waals surface area contributed by atoms with Crippen LogP contribution in [0.3, 0.4) is 0 Å². The molecular weight excluding hydrogens is 194 g/mol. The first-order valence-corrected chi connectivity index (χ1v) is 5.51. The van der Waals surface area contributed by atoms with Crippen molar-refractivity contribution in [3.63, 3.8) is 0 Å². The van der Waals surface area contributed by atoms with Gasteiger partial charge in [0.2, 0.25) is 5.78 Å². The lowest BCUT2D eigenvalue weighted by Gasteiger charge is -2.17. The van der Waals surface area contributed by atoms with E-state index in [1.165, 1.54) is 0 Å². The third-order valence-corrected chi connectivity index (χ3v) is 2.83. The highest BCUT2D eigenvalue weighted by atomic mass is 16.5. The molecule has 4 nitrogen and oxygen atoms in total. The topological polar surface area (TPSA) is 47.6 Å². The van der Waals surface area contributed by atoms with E-state index in [-0.39, 0.29) is 17.7 Å². The summed E-state index contributed by atoms with van der Waals surface area (Å²) in [5.41, 5.74) is 0. The Bertz CT molecular complexity index is 275. The molecule has 0 aromatic carbocycles. The number of hydrogen-bond donors (Lipinski definition) is 1. The Labute approximate surface area is 89.6 Å². The minimum Gasteiger partial charge on any atom is -0.490 e. The van der Waals surface area contributed by atoms with Crippen LogP contribution < -0.4 is 5.32 Å². The second-order valence-corrected chi connectivity index (χ2v) is 3.88. The maximum absolute atomic E-state index is 12.0. The van der Waals surface area contributed by atoms with E-state index in [2.05, 4.69) is 5.32 Å². The second-order valence-electron chi connectivity index (χ2n) is 3.88. The zero-order chi connectivity index (χ0) is 10.7. The van der Waals surface area contributed by atoms with Gasteiger partial charge >= 0.3 is 0 Å². The van der Waals surface area contributed by atoms with Crippen LogP contribution in [0.15, 0.2) is 11.8 Å². The third kappa shape index (κ3) is 2.21. The molecule has 0 bridgehead atoms. The van der Waals surface area contributed by atoms with Crippen LogP contribution in [0.2, 0.25) is 0 Å². The van der Waals surface area contributed by atoms with Crippen LogP contribution in [-0.4, -0.2) is 38.2 Å². The molecule has 1 fully saturated rings. The molecule has 0 radical (unpaired) electrons. The molecule has 2 unspecified atom stereocenters. The fourth-order valence-corrected chi connectivity index (χ4v) is 2.05. The molecule has 2 rings (SSSR count). The van der Waals surface area contributed by atoms with Gasteiger partial charge in [0, 0.05) is 12.5 Å². The van der Waals surface area contributed by atoms with Crippen LogP contribution in [0, 0.1) is 5.92 Å². The van der Waals surface area contributed by atoms with E-state index in [4.69, 9.17) is 9.47 Å². The number of allylic oxidation sites excluding steroid dienone is 1. The average Bonchev–Trinajstić information content (AvgIpc) is 2.87. The first kappa shape index (κ1) is 10.6. The van der Waals surface area contributed by atoms with Gasteiger partial charge < -0.3 is 14.8 Å². The first-order chi connectivity index (χ1) is 7.33. The van der Waals surface area contributed by atoms with E-state index in [9.17, 15) is 4.79 Å². The van der Waals surface area contributed by atoms with Crippen molar-refractivity contribution in [1.82, 2.24) is 5.32 Å². The molecule has 15 heavy (non-hydrogen) atoms. The third-order valence-electron chi connectivity index (χ3n) is 2.83. The second kappa shape index (κ2) is 4.77. The molecule has 2 aliphatic rings. The normalized spacial score (nSPS) is 30.1. The lowest BCUT2D eigenvalue weighted by Crippen LogP contribution is -2.39. The predicted octanol–water partition coefficient (Wildman–Crippen LogP) is 0.484. The van der Waals surface area contributed by atoms with Crippen molar-refractivity contribution in [2.75, 3.05) is 26.4 Å². The van der Waals surface area contributed by atoms with Crippen LogP contribution in [-0.2, 0) is 14.3 Å². The first-order valence-electron chi connectivity index (χ1n) is 5.51. The number of hydrogen-bond acceptors (Lipinski definition) is 4. The molecule has 2 atom stereocenters. The Morgan fingerprint density at radius 3 is 3.13 bits per heavy atom. The molecule has 4 heteroatoms. The number of carbonyl (C=O) groups is 1. The smallest absolute Gasteiger partial charge is 0.204 e. The van der Waals surface area contributed by atoms with Gasteiger partial charge in [0.15, 0.2) is 5.76 Å². The summed E-state index contributed by atoms with van der Waals surface area (Å²) in [7, 11) is 0. The summed E-state index contributed by atoms with van der Waals surface area (Å²) < 4.78 is 10.6. The number of ketones is 1. The molecule has 0 aromatic rings. The Kier molecular flexibility index (Phi) is 3.38. The van der Waals surface area contributed by atoms with E-state index in [0.29, 0.717) is 25.6 Å². The Morgan fingerprint density at radius 2 is 2.47 bits per heavy atom. The Hall–Kier alpha value is -0.870. The molecule has 1 N–H and O–H groups in total. The molecule has 0 aromatic heterocycles. The number of ether oxygens (including phenoxy) is 2. The van der Waals surface area contributed by atoms with E-state index in [0.717, 1.165) is 13.0 Å². The lowest BCUT2D eigenvalue weighted by molar-refractivity contribution is -0.122. The maximum Gasteiger partial charge on any atom is 0.204 e. The molecule has 0 spiro atoms. The van der Waals surface area contributed by atoms with E-state index < -0.39 is 0 Å². The largest absolute Gasteiger partial charge is 0.490 e. The highest BCUT2D eigenvalue weighted by molar-refractivity contribution is 5.96. The number of rotatable bonds is 4. The highest BCUT2D eigenvalue weighted by Gasteiger charge is 2.36. The monoisotopic (exact) mass is 211 g/mol. The lowest BCUT2D eigenvalue weighted by atomic mass is 9.97. The Balaban J connectivity index is 1.99. The van der Waals surface area contributed by atoms with Crippen molar-refractivity contribution < 1.29 is 14.3 Å². The highest BCUT2D eigenvalue weighted by Crippen LogP contribution is 2.21. The Morgan fingerprint density at radius 1 is 1.60 bits per heavy atom. The quantitative estimate of drug-likeness (QED) is 0.735. The fraction of sp³-hybridized carbons (Fsp3) is 0.727. The number of nitrogens with one attached hydrogen (secondary N) is 1. The van der Waals surface area contributed by atoms with Gasteiger partial charge in [0.05, 0.1) is 25.7 Å². The summed E-state index contributed by atoms with van der Waals surface area (Å²) >= 11 is 0. The van der Waals surface area contributed by atoms with Crippen LogP contribution in [0.25, 0.3) is 0 Å². The van der Waals surface area contributed by atoms with Gasteiger partial charge in [-0.1, -0.05) is 6.92 Å². The van der Waals surface area contributed by atoms with Gasteiger partial charge in [-0.05, 0) is 12.6 Å². The number of Topliss-reactive ketones (excluding diaryl/α,β-unsaturated/α-hetero) is 1. The van der Waals surface area contributed by atoms with Crippen molar-refractivity contribution >= 4 is 5.78 Å². The summed E-state index contributed by atoms with van der Waals surface area (Å²) in [6.45, 7) is 4.66. The minimum atomic E-state index is -0.0747. The fourth-order valence-electron chi connectivity index (χ4n) is 2.05. The maximum atomic E-state index is 12.0. The standard InChI is InChI=1S/C11H17NO3/c1-2-12-9-7-14-6-8(9)11(13)10-4-3-5-15-10/h4,8-9,12H,2-3,5-7H2,1H3. The van der Waals surface area contributed by atoms with Crippen molar-refractivity contribution in [3.05, 3.63) is 11.8 Å². The molecule has 0 amide bonds. The minimum absolute atomic E-state index is 0.0747. The molecule has 84 valence electrons. The SMILES string of the molecule is CCNC1COCC1C(=O)C1=CCCO1. The van der Waals surface area contributed by atoms with Crippen molar-refractivity contribution in [2.24, 2.45) is 5.92 Å². The van der Waals surface area contributed by atoms with Gasteiger partial charge in [0.1, 0.15) is 0 Å².